The average molecular weight is 561 g/mol. The summed E-state index contributed by atoms with van der Waals surface area (Å²) in [6, 6.07) is 17.2. The van der Waals surface area contributed by atoms with Crippen LogP contribution in [0, 0.1) is 5.82 Å². The van der Waals surface area contributed by atoms with Gasteiger partial charge in [-0.15, -0.1) is 0 Å². The van der Waals surface area contributed by atoms with E-state index < -0.39 is 23.9 Å². The van der Waals surface area contributed by atoms with E-state index in [-0.39, 0.29) is 43.1 Å². The van der Waals surface area contributed by atoms with Gasteiger partial charge in [-0.25, -0.2) is 4.39 Å². The summed E-state index contributed by atoms with van der Waals surface area (Å²) in [5, 5.41) is 7.51. The first-order chi connectivity index (χ1) is 19.7. The van der Waals surface area contributed by atoms with E-state index in [2.05, 4.69) is 10.6 Å². The quantitative estimate of drug-likeness (QED) is 0.398. The van der Waals surface area contributed by atoms with Crippen molar-refractivity contribution in [2.24, 2.45) is 0 Å². The number of nitrogens with zero attached hydrogens (tertiary/aromatic N) is 2. The zero-order valence-corrected chi connectivity index (χ0v) is 23.7. The third-order valence-electron chi connectivity index (χ3n) is 7.62. The molecule has 0 aliphatic carbocycles. The summed E-state index contributed by atoms with van der Waals surface area (Å²) in [5.74, 6) is -1.70. The number of hydrogen-bond donors (Lipinski definition) is 2. The predicted molar refractivity (Wildman–Crippen MR) is 155 cm³/mol. The summed E-state index contributed by atoms with van der Waals surface area (Å²) in [5.41, 5.74) is 1.64. The molecule has 0 spiro atoms. The van der Waals surface area contributed by atoms with Gasteiger partial charge in [-0.2, -0.15) is 0 Å². The first kappa shape index (κ1) is 29.7. The number of piperazine rings is 1. The molecule has 0 bridgehead atoms. The first-order valence-electron chi connectivity index (χ1n) is 14.0. The molecular weight excluding hydrogens is 523 g/mol. The Kier molecular flexibility index (Phi) is 9.70. The Hall–Kier alpha value is -4.27. The number of carbonyl (C=O) groups is 4. The van der Waals surface area contributed by atoms with Crippen molar-refractivity contribution in [3.63, 3.8) is 0 Å². The van der Waals surface area contributed by atoms with Gasteiger partial charge in [0.05, 0.1) is 0 Å². The van der Waals surface area contributed by atoms with Crippen molar-refractivity contribution in [1.29, 1.82) is 0 Å². The molecule has 2 N–H and O–H groups in total. The fraction of sp³-hybridized carbons (Fsp3) is 0.375. The second-order valence-electron chi connectivity index (χ2n) is 10.4. The molecule has 4 rings (SSSR count). The van der Waals surface area contributed by atoms with E-state index in [1.165, 1.54) is 24.0 Å². The molecule has 3 unspecified atom stereocenters. The van der Waals surface area contributed by atoms with Crippen LogP contribution in [-0.4, -0.2) is 71.7 Å². The Morgan fingerprint density at radius 1 is 0.976 bits per heavy atom. The summed E-state index contributed by atoms with van der Waals surface area (Å²) in [7, 11) is 1.56. The lowest BCUT2D eigenvalue weighted by Crippen LogP contribution is -2.65. The van der Waals surface area contributed by atoms with Crippen LogP contribution in [0.15, 0.2) is 66.7 Å². The van der Waals surface area contributed by atoms with E-state index in [1.807, 2.05) is 49.4 Å². The van der Waals surface area contributed by atoms with Crippen LogP contribution in [0.4, 0.5) is 4.39 Å². The van der Waals surface area contributed by atoms with Gasteiger partial charge in [-0.05, 0) is 40.5 Å². The maximum absolute atomic E-state index is 14.0. The SMILES string of the molecule is CCCC1C(=O)N(C(Cc2cccc3ccccc23)C(=O)NC)CCN1C(=O)C(Cc1ccc(F)cc1)NC(C)=O. The van der Waals surface area contributed by atoms with Gasteiger partial charge in [0.15, 0.2) is 0 Å². The number of benzene rings is 3. The van der Waals surface area contributed by atoms with Crippen molar-refractivity contribution in [2.75, 3.05) is 20.1 Å². The summed E-state index contributed by atoms with van der Waals surface area (Å²) in [6.45, 7) is 3.67. The molecule has 0 saturated carbocycles. The second kappa shape index (κ2) is 13.4. The molecule has 0 radical (unpaired) electrons. The van der Waals surface area contributed by atoms with Crippen molar-refractivity contribution in [2.45, 2.75) is 57.7 Å². The maximum atomic E-state index is 14.0. The molecule has 8 nitrogen and oxygen atoms in total. The van der Waals surface area contributed by atoms with E-state index in [1.54, 1.807) is 24.1 Å². The zero-order valence-electron chi connectivity index (χ0n) is 23.7. The van der Waals surface area contributed by atoms with Crippen LogP contribution in [0.3, 0.4) is 0 Å². The smallest absolute Gasteiger partial charge is 0.246 e. The highest BCUT2D eigenvalue weighted by atomic mass is 19.1. The lowest BCUT2D eigenvalue weighted by molar-refractivity contribution is -0.157. The topological polar surface area (TPSA) is 98.8 Å². The molecular formula is C32H37FN4O4. The summed E-state index contributed by atoms with van der Waals surface area (Å²) < 4.78 is 13.4. The van der Waals surface area contributed by atoms with Gasteiger partial charge in [0.2, 0.25) is 23.6 Å². The van der Waals surface area contributed by atoms with Crippen molar-refractivity contribution >= 4 is 34.4 Å². The number of fused-ring (bicyclic) bond motifs is 1. The third-order valence-corrected chi connectivity index (χ3v) is 7.62. The fourth-order valence-corrected chi connectivity index (χ4v) is 5.62. The van der Waals surface area contributed by atoms with Crippen molar-refractivity contribution in [3.8, 4) is 0 Å². The molecule has 3 aromatic rings. The van der Waals surface area contributed by atoms with Gasteiger partial charge < -0.3 is 20.4 Å². The number of carbonyl (C=O) groups excluding carboxylic acids is 4. The third kappa shape index (κ3) is 6.90. The van der Waals surface area contributed by atoms with Crippen LogP contribution >= 0.6 is 0 Å². The number of hydrogen-bond acceptors (Lipinski definition) is 4. The Labute approximate surface area is 239 Å². The molecule has 216 valence electrons. The molecule has 3 aromatic carbocycles. The zero-order chi connectivity index (χ0) is 29.5. The standard InChI is InChI=1S/C32H37FN4O4/c1-4-8-28-32(41)37(29(30(39)34-3)20-24-11-7-10-23-9-5-6-12-26(23)24)18-17-36(28)31(40)27(35-21(2)38)19-22-13-15-25(33)16-14-22/h5-7,9-16,27-29H,4,8,17-20H2,1-3H3,(H,34,39)(H,35,38). The summed E-state index contributed by atoms with van der Waals surface area (Å²) in [4.78, 5) is 56.2. The second-order valence-corrected chi connectivity index (χ2v) is 10.4. The fourth-order valence-electron chi connectivity index (χ4n) is 5.62. The van der Waals surface area contributed by atoms with Gasteiger partial charge in [0, 0.05) is 39.9 Å². The maximum Gasteiger partial charge on any atom is 0.246 e. The largest absolute Gasteiger partial charge is 0.357 e. The molecule has 1 fully saturated rings. The predicted octanol–water partition coefficient (Wildman–Crippen LogP) is 3.22. The number of amides is 4. The van der Waals surface area contributed by atoms with E-state index in [0.717, 1.165) is 16.3 Å². The highest BCUT2D eigenvalue weighted by molar-refractivity contribution is 5.95. The normalized spacial score (nSPS) is 16.8. The summed E-state index contributed by atoms with van der Waals surface area (Å²) >= 11 is 0. The van der Waals surface area contributed by atoms with Crippen molar-refractivity contribution in [3.05, 3.63) is 83.7 Å². The van der Waals surface area contributed by atoms with E-state index in [0.29, 0.717) is 24.8 Å². The minimum Gasteiger partial charge on any atom is -0.357 e. The lowest BCUT2D eigenvalue weighted by Gasteiger charge is -2.44. The van der Waals surface area contributed by atoms with Crippen LogP contribution in [-0.2, 0) is 32.0 Å². The van der Waals surface area contributed by atoms with Crippen LogP contribution in [0.1, 0.15) is 37.8 Å². The van der Waals surface area contributed by atoms with Gasteiger partial charge in [0.25, 0.3) is 0 Å². The highest BCUT2D eigenvalue weighted by Crippen LogP contribution is 2.25. The van der Waals surface area contributed by atoms with Crippen molar-refractivity contribution in [1.82, 2.24) is 20.4 Å². The van der Waals surface area contributed by atoms with E-state index in [9.17, 15) is 23.6 Å². The van der Waals surface area contributed by atoms with Crippen molar-refractivity contribution < 1.29 is 23.6 Å². The lowest BCUT2D eigenvalue weighted by atomic mass is 9.95. The van der Waals surface area contributed by atoms with E-state index in [4.69, 9.17) is 0 Å². The van der Waals surface area contributed by atoms with Crippen LogP contribution in [0.5, 0.6) is 0 Å². The van der Waals surface area contributed by atoms with Crippen LogP contribution in [0.25, 0.3) is 10.8 Å². The molecule has 1 aliphatic rings. The molecule has 1 aliphatic heterocycles. The number of likely N-dealkylation sites (N-methyl/N-ethyl adjacent to an activating group) is 1. The van der Waals surface area contributed by atoms with Gasteiger partial charge in [-0.3, -0.25) is 19.2 Å². The molecule has 1 heterocycles. The minimum atomic E-state index is -0.915. The molecule has 0 aromatic heterocycles. The summed E-state index contributed by atoms with van der Waals surface area (Å²) in [6.07, 6.45) is 1.55. The molecule has 9 heteroatoms. The Morgan fingerprint density at radius 3 is 2.37 bits per heavy atom. The molecule has 4 amide bonds. The van der Waals surface area contributed by atoms with E-state index >= 15 is 0 Å². The first-order valence-corrected chi connectivity index (χ1v) is 14.0. The molecule has 41 heavy (non-hydrogen) atoms. The van der Waals surface area contributed by atoms with Gasteiger partial charge in [-0.1, -0.05) is 67.9 Å². The van der Waals surface area contributed by atoms with Gasteiger partial charge >= 0.3 is 0 Å². The van der Waals surface area contributed by atoms with Crippen LogP contribution < -0.4 is 10.6 Å². The number of nitrogens with one attached hydrogen (secondary N) is 2. The monoisotopic (exact) mass is 560 g/mol. The molecule has 1 saturated heterocycles. The Bertz CT molecular complexity index is 1410. The minimum absolute atomic E-state index is 0.161. The van der Waals surface area contributed by atoms with Gasteiger partial charge in [0.1, 0.15) is 23.9 Å². The Balaban J connectivity index is 1.60. The highest BCUT2D eigenvalue weighted by Gasteiger charge is 2.43. The van der Waals surface area contributed by atoms with Crippen LogP contribution in [0.2, 0.25) is 0 Å². The number of halogens is 1. The Morgan fingerprint density at radius 2 is 1.68 bits per heavy atom. The number of rotatable bonds is 10. The average Bonchev–Trinajstić information content (AvgIpc) is 2.97. The molecule has 3 atom stereocenters.